The van der Waals surface area contributed by atoms with E-state index in [0.29, 0.717) is 101 Å². The summed E-state index contributed by atoms with van der Waals surface area (Å²) in [4.78, 5) is 56.3. The number of anilines is 6. The number of fused-ring (bicyclic) bond motifs is 2. The number of rotatable bonds is 17. The summed E-state index contributed by atoms with van der Waals surface area (Å²) >= 11 is 0. The van der Waals surface area contributed by atoms with Crippen molar-refractivity contribution in [3.63, 3.8) is 0 Å². The third-order valence-electron chi connectivity index (χ3n) is 15.4. The first-order chi connectivity index (χ1) is 39.3. The number of nitrogens with zero attached hydrogens (tertiary/aromatic N) is 14. The van der Waals surface area contributed by atoms with E-state index in [0.717, 1.165) is 74.4 Å². The zero-order valence-electron chi connectivity index (χ0n) is 45.6. The van der Waals surface area contributed by atoms with Gasteiger partial charge in [-0.2, -0.15) is 19.9 Å². The molecule has 0 aliphatic carbocycles. The van der Waals surface area contributed by atoms with Gasteiger partial charge in [0.15, 0.2) is 5.82 Å². The quantitative estimate of drug-likeness (QED) is 0.0488. The average molecular weight is 1080 g/mol. The van der Waals surface area contributed by atoms with E-state index in [2.05, 4.69) is 114 Å². The van der Waals surface area contributed by atoms with Crippen molar-refractivity contribution in [1.29, 1.82) is 0 Å². The predicted octanol–water partition coefficient (Wildman–Crippen LogP) is 5.51. The Morgan fingerprint density at radius 2 is 1.32 bits per heavy atom. The van der Waals surface area contributed by atoms with Crippen molar-refractivity contribution in [2.24, 2.45) is 15.7 Å². The number of piperazine rings is 2. The minimum Gasteiger partial charge on any atom is -0.396 e. The third-order valence-corrected chi connectivity index (χ3v) is 15.4. The van der Waals surface area contributed by atoms with E-state index in [4.69, 9.17) is 50.6 Å². The number of aliphatic hydroxyl groups is 2. The van der Waals surface area contributed by atoms with Gasteiger partial charge in [-0.15, -0.1) is 0 Å². The molecular formula is C60H72N18O2. The van der Waals surface area contributed by atoms with E-state index in [1.807, 2.05) is 55.1 Å². The lowest BCUT2D eigenvalue weighted by Gasteiger charge is -2.42. The first-order valence-electron chi connectivity index (χ1n) is 28.1. The predicted molar refractivity (Wildman–Crippen MR) is 315 cm³/mol. The van der Waals surface area contributed by atoms with Gasteiger partial charge in [0.2, 0.25) is 35.7 Å². The van der Waals surface area contributed by atoms with Gasteiger partial charge in [0.1, 0.15) is 6.04 Å². The van der Waals surface area contributed by atoms with Crippen molar-refractivity contribution in [1.82, 2.24) is 50.0 Å². The molecule has 2 saturated heterocycles. The van der Waals surface area contributed by atoms with Crippen LogP contribution < -0.4 is 36.4 Å². The molecule has 7 N–H and O–H groups in total. The molecule has 4 aliphatic heterocycles. The number of hydrogen-bond acceptors (Lipinski definition) is 16. The minimum atomic E-state index is -0.562. The van der Waals surface area contributed by atoms with E-state index in [1.165, 1.54) is 33.4 Å². The van der Waals surface area contributed by atoms with Gasteiger partial charge < -0.3 is 51.5 Å². The number of β-amino-alcohol motifs (C(OH)–C–C–N with tert-alkyl or cyclic N) is 1. The maximum absolute atomic E-state index is 10.5. The van der Waals surface area contributed by atoms with E-state index in [1.54, 1.807) is 0 Å². The molecule has 4 aliphatic rings. The fourth-order valence-electron chi connectivity index (χ4n) is 11.0. The number of hydrogen-bond donors (Lipinski definition) is 6. The molecule has 2 atom stereocenters. The van der Waals surface area contributed by atoms with Crippen LogP contribution in [0.15, 0.2) is 132 Å². The maximum Gasteiger partial charge on any atom is 0.232 e. The van der Waals surface area contributed by atoms with Crippen molar-refractivity contribution >= 4 is 47.1 Å². The molecule has 2 unspecified atom stereocenters. The number of aliphatic imine (C=N–C) groups is 2. The average Bonchev–Trinajstić information content (AvgIpc) is 3.49. The van der Waals surface area contributed by atoms with Crippen LogP contribution in [0.3, 0.4) is 0 Å². The number of guanidine groups is 2. The summed E-state index contributed by atoms with van der Waals surface area (Å²) in [7, 11) is 0. The molecule has 2 fully saturated rings. The van der Waals surface area contributed by atoms with Crippen molar-refractivity contribution in [3.8, 4) is 0 Å². The van der Waals surface area contributed by atoms with Crippen LogP contribution in [0.25, 0.3) is 0 Å². The van der Waals surface area contributed by atoms with Gasteiger partial charge in [0.05, 0.1) is 12.6 Å². The highest BCUT2D eigenvalue weighted by molar-refractivity contribution is 6.01. The van der Waals surface area contributed by atoms with Crippen molar-refractivity contribution in [3.05, 3.63) is 172 Å². The fourth-order valence-corrected chi connectivity index (χ4v) is 11.0. The molecule has 4 aromatic carbocycles. The molecule has 0 amide bonds. The summed E-state index contributed by atoms with van der Waals surface area (Å²) in [5.41, 5.74) is 18.1. The summed E-state index contributed by atoms with van der Waals surface area (Å²) in [5.74, 6) is 3.35. The van der Waals surface area contributed by atoms with Gasteiger partial charge in [-0.25, -0.2) is 24.9 Å². The van der Waals surface area contributed by atoms with Crippen molar-refractivity contribution in [2.75, 3.05) is 104 Å². The van der Waals surface area contributed by atoms with Gasteiger partial charge in [-0.3, -0.25) is 4.90 Å². The Balaban J connectivity index is 0.895. The number of aromatic nitrogens is 7. The second-order valence-electron chi connectivity index (χ2n) is 20.9. The van der Waals surface area contributed by atoms with Crippen LogP contribution in [0.4, 0.5) is 35.2 Å². The third kappa shape index (κ3) is 13.5. The van der Waals surface area contributed by atoms with Crippen LogP contribution in [-0.2, 0) is 38.8 Å². The Morgan fingerprint density at radius 3 is 2.00 bits per heavy atom. The first-order valence-corrected chi connectivity index (χ1v) is 28.1. The van der Waals surface area contributed by atoms with Crippen LogP contribution in [-0.4, -0.2) is 152 Å². The number of nitrogens with two attached hydrogens (primary N) is 1. The summed E-state index contributed by atoms with van der Waals surface area (Å²) < 4.78 is 0. The van der Waals surface area contributed by atoms with Gasteiger partial charge in [0.25, 0.3) is 0 Å². The Labute approximate surface area is 468 Å². The molecule has 7 heterocycles. The molecule has 0 radical (unpaired) electrons. The largest absolute Gasteiger partial charge is 0.396 e. The lowest BCUT2D eigenvalue weighted by atomic mass is 9.99. The molecular weight excluding hydrogens is 1000 g/mol. The monoisotopic (exact) mass is 1080 g/mol. The summed E-state index contributed by atoms with van der Waals surface area (Å²) in [6.45, 7) is 10.3. The molecule has 20 heteroatoms. The zero-order chi connectivity index (χ0) is 54.6. The van der Waals surface area contributed by atoms with Gasteiger partial charge >= 0.3 is 0 Å². The molecule has 80 heavy (non-hydrogen) atoms. The Hall–Kier alpha value is -8.17. The minimum absolute atomic E-state index is 0.0256. The summed E-state index contributed by atoms with van der Waals surface area (Å²) in [5, 5.41) is 30.6. The molecule has 20 nitrogen and oxygen atoms in total. The standard InChI is InChI=1S/C60H72N18O2/c1-2-53(69-59(72-55(61)67-50-15-13-46-17-20-62-39-48(46)33-50)77-26-27-78(52(41-77)19-29-79)58-65-37-45(38-66-58)32-43-11-7-4-8-12-43)54-70-56(68-51-16-14-47-18-21-74(28-30-80)40-49(47)34-51)73-60(71-54)76-24-22-75(23-25-76)57-63-35-44(36-64-57)31-42-9-5-3-6-10-42/h3-16,33-38,52-53,62,79-80H,2,17-32,39-41H2,1H3,(H3,61,67,69,72)(H,68,70,71,73). The van der Waals surface area contributed by atoms with E-state index < -0.39 is 6.04 Å². The highest BCUT2D eigenvalue weighted by atomic mass is 16.3. The van der Waals surface area contributed by atoms with Gasteiger partial charge in [-0.1, -0.05) is 79.7 Å². The second-order valence-corrected chi connectivity index (χ2v) is 20.9. The second kappa shape index (κ2) is 25.7. The number of benzene rings is 4. The summed E-state index contributed by atoms with van der Waals surface area (Å²) in [6.07, 6.45) is 12.1. The highest BCUT2D eigenvalue weighted by Gasteiger charge is 2.32. The SMILES string of the molecule is CCC(N=C(N=C(N)Nc1ccc2c(c1)CNCC2)N1CCN(c2ncc(Cc3ccccc3)cn2)C(CCO)C1)c1nc(Nc2ccc3c(c2)CN(CCO)CC3)nc(N2CCN(c3ncc(Cc4ccccc4)cn3)CC2)n1. The topological polar surface area (TPSA) is 234 Å². The van der Waals surface area contributed by atoms with Crippen LogP contribution in [0.5, 0.6) is 0 Å². The van der Waals surface area contributed by atoms with Crippen molar-refractivity contribution in [2.45, 2.75) is 70.6 Å². The lowest BCUT2D eigenvalue weighted by molar-refractivity contribution is 0.184. The molecule has 0 saturated carbocycles. The smallest absolute Gasteiger partial charge is 0.232 e. The van der Waals surface area contributed by atoms with E-state index >= 15 is 0 Å². The van der Waals surface area contributed by atoms with Gasteiger partial charge in [0, 0.05) is 128 Å². The van der Waals surface area contributed by atoms with E-state index in [9.17, 15) is 10.2 Å². The molecule has 3 aromatic heterocycles. The Morgan fingerprint density at radius 1 is 0.675 bits per heavy atom. The Bertz CT molecular complexity index is 3210. The highest BCUT2D eigenvalue weighted by Crippen LogP contribution is 2.29. The van der Waals surface area contributed by atoms with Crippen molar-refractivity contribution < 1.29 is 10.2 Å². The van der Waals surface area contributed by atoms with Crippen LogP contribution in [0.2, 0.25) is 0 Å². The Kier molecular flexibility index (Phi) is 17.3. The molecule has 0 spiro atoms. The van der Waals surface area contributed by atoms with Crippen LogP contribution >= 0.6 is 0 Å². The normalized spacial score (nSPS) is 17.5. The molecule has 11 rings (SSSR count). The molecule has 0 bridgehead atoms. The molecule has 7 aromatic rings. The first kappa shape index (κ1) is 53.8. The van der Waals surface area contributed by atoms with Crippen LogP contribution in [0, 0.1) is 0 Å². The maximum atomic E-state index is 10.5. The van der Waals surface area contributed by atoms with Gasteiger partial charge in [-0.05, 0) is 101 Å². The lowest BCUT2D eigenvalue weighted by Crippen LogP contribution is -2.55. The number of aliphatic hydroxyl groups excluding tert-OH is 2. The molecule has 414 valence electrons. The zero-order valence-corrected chi connectivity index (χ0v) is 45.6. The number of nitrogens with one attached hydrogen (secondary N) is 3. The fraction of sp³-hybridized carbons (Fsp3) is 0.383. The van der Waals surface area contributed by atoms with Crippen LogP contribution in [0.1, 0.15) is 76.1 Å². The van der Waals surface area contributed by atoms with E-state index in [-0.39, 0.29) is 25.2 Å². The summed E-state index contributed by atoms with van der Waals surface area (Å²) in [6, 6.07) is 32.7.